The molecule has 0 aliphatic carbocycles. The number of aryl methyl sites for hydroxylation is 1. The highest BCUT2D eigenvalue weighted by Crippen LogP contribution is 2.34. The van der Waals surface area contributed by atoms with Crippen LogP contribution in [0.2, 0.25) is 0 Å². The number of halogens is 1. The lowest BCUT2D eigenvalue weighted by molar-refractivity contribution is 0.455. The molecule has 4 aromatic rings. The van der Waals surface area contributed by atoms with E-state index in [1.807, 2.05) is 22.8 Å². The fraction of sp³-hybridized carbons (Fsp3) is 0.238. The van der Waals surface area contributed by atoms with Crippen LogP contribution in [0, 0.1) is 12.7 Å². The van der Waals surface area contributed by atoms with Gasteiger partial charge in [0.1, 0.15) is 23.4 Å². The van der Waals surface area contributed by atoms with Crippen LogP contribution in [-0.2, 0) is 10.0 Å². The number of fused-ring (bicyclic) bond motifs is 1. The lowest BCUT2D eigenvalue weighted by atomic mass is 10.2. The van der Waals surface area contributed by atoms with E-state index < -0.39 is 15.8 Å². The van der Waals surface area contributed by atoms with E-state index in [0.717, 1.165) is 11.1 Å². The van der Waals surface area contributed by atoms with Gasteiger partial charge >= 0.3 is 0 Å². The second-order valence-corrected chi connectivity index (χ2v) is 9.32. The number of pyridine rings is 1. The normalized spacial score (nSPS) is 17.7. The molecule has 0 spiro atoms. The first-order valence-electron chi connectivity index (χ1n) is 9.57. The number of aromatic nitrogens is 3. The molecule has 4 heterocycles. The molecule has 1 atom stereocenters. The van der Waals surface area contributed by atoms with Gasteiger partial charge < -0.3 is 8.98 Å². The summed E-state index contributed by atoms with van der Waals surface area (Å²) in [6, 6.07) is 9.28. The number of hydrogen-bond acceptors (Lipinski definition) is 5. The van der Waals surface area contributed by atoms with Crippen molar-refractivity contribution in [3.8, 4) is 11.4 Å². The Morgan fingerprint density at radius 3 is 2.87 bits per heavy atom. The van der Waals surface area contributed by atoms with Gasteiger partial charge in [0.2, 0.25) is 10.0 Å². The van der Waals surface area contributed by atoms with Crippen LogP contribution in [0.25, 0.3) is 22.6 Å². The van der Waals surface area contributed by atoms with Crippen LogP contribution in [0.5, 0.6) is 0 Å². The van der Waals surface area contributed by atoms with E-state index in [9.17, 15) is 12.8 Å². The van der Waals surface area contributed by atoms with Gasteiger partial charge in [-0.25, -0.2) is 22.8 Å². The topological polar surface area (TPSA) is 81.2 Å². The van der Waals surface area contributed by atoms with Crippen molar-refractivity contribution >= 4 is 21.2 Å². The summed E-state index contributed by atoms with van der Waals surface area (Å²) in [6.07, 6.45) is 5.51. The van der Waals surface area contributed by atoms with Crippen LogP contribution >= 0.6 is 0 Å². The molecule has 154 valence electrons. The first-order chi connectivity index (χ1) is 14.4. The fourth-order valence-electron chi connectivity index (χ4n) is 3.94. The predicted molar refractivity (Wildman–Crippen MR) is 109 cm³/mol. The summed E-state index contributed by atoms with van der Waals surface area (Å²) >= 11 is 0. The Morgan fingerprint density at radius 2 is 2.10 bits per heavy atom. The lowest BCUT2D eigenvalue weighted by Crippen LogP contribution is -2.29. The zero-order chi connectivity index (χ0) is 20.9. The molecule has 9 heteroatoms. The van der Waals surface area contributed by atoms with E-state index in [-0.39, 0.29) is 17.5 Å². The lowest BCUT2D eigenvalue weighted by Gasteiger charge is -2.19. The highest BCUT2D eigenvalue weighted by Gasteiger charge is 2.35. The van der Waals surface area contributed by atoms with Gasteiger partial charge in [0.25, 0.3) is 0 Å². The van der Waals surface area contributed by atoms with E-state index in [1.165, 1.54) is 22.5 Å². The Morgan fingerprint density at radius 1 is 1.23 bits per heavy atom. The molecule has 1 aromatic carbocycles. The molecular weight excluding hydrogens is 407 g/mol. The van der Waals surface area contributed by atoms with E-state index >= 15 is 0 Å². The van der Waals surface area contributed by atoms with E-state index in [0.29, 0.717) is 30.0 Å². The molecule has 3 aromatic heterocycles. The SMILES string of the molecule is Cc1cc(S(=O)(=O)N2CC[C@@H](n3c(-c4ccoc4)nc4cccnc43)C2)ccc1F. The quantitative estimate of drug-likeness (QED) is 0.496. The minimum atomic E-state index is -3.73. The van der Waals surface area contributed by atoms with E-state index in [4.69, 9.17) is 9.40 Å². The standard InChI is InChI=1S/C21H19FN4O3S/c1-14-11-17(4-5-18(14)22)30(27,28)25-9-6-16(12-25)26-20(15-7-10-29-13-15)24-19-3-2-8-23-21(19)26/h2-5,7-8,10-11,13,16H,6,9,12H2,1H3/t16-/m1/s1. The van der Waals surface area contributed by atoms with Gasteiger partial charge in [-0.05, 0) is 55.3 Å². The first-order valence-corrected chi connectivity index (χ1v) is 11.0. The highest BCUT2D eigenvalue weighted by atomic mass is 32.2. The number of benzene rings is 1. The fourth-order valence-corrected chi connectivity index (χ4v) is 5.52. The summed E-state index contributed by atoms with van der Waals surface area (Å²) < 4.78 is 48.5. The first kappa shape index (κ1) is 19.0. The number of imidazole rings is 1. The van der Waals surface area contributed by atoms with Gasteiger partial charge in [0.05, 0.1) is 22.8 Å². The highest BCUT2D eigenvalue weighted by molar-refractivity contribution is 7.89. The molecule has 7 nitrogen and oxygen atoms in total. The third kappa shape index (κ3) is 3.01. The van der Waals surface area contributed by atoms with Crippen LogP contribution in [0.3, 0.4) is 0 Å². The Labute approximate surface area is 172 Å². The number of hydrogen-bond donors (Lipinski definition) is 0. The Balaban J connectivity index is 1.53. The molecule has 1 fully saturated rings. The Kier molecular flexibility index (Phi) is 4.44. The average molecular weight is 426 g/mol. The van der Waals surface area contributed by atoms with Crippen molar-refractivity contribution < 1.29 is 17.2 Å². The van der Waals surface area contributed by atoms with Crippen LogP contribution in [-0.4, -0.2) is 40.3 Å². The van der Waals surface area contributed by atoms with Gasteiger partial charge in [0, 0.05) is 19.3 Å². The van der Waals surface area contributed by atoms with Gasteiger partial charge in [-0.2, -0.15) is 4.31 Å². The number of nitrogens with zero attached hydrogens (tertiary/aromatic N) is 4. The minimum absolute atomic E-state index is 0.103. The molecule has 1 saturated heterocycles. The number of rotatable bonds is 4. The maximum atomic E-state index is 13.6. The van der Waals surface area contributed by atoms with Crippen molar-refractivity contribution in [3.05, 3.63) is 66.5 Å². The Hall–Kier alpha value is -3.04. The summed E-state index contributed by atoms with van der Waals surface area (Å²) in [7, 11) is -3.73. The van der Waals surface area contributed by atoms with E-state index in [2.05, 4.69) is 4.98 Å². The van der Waals surface area contributed by atoms with E-state index in [1.54, 1.807) is 25.6 Å². The molecule has 0 bridgehead atoms. The van der Waals surface area contributed by atoms with Crippen molar-refractivity contribution in [1.82, 2.24) is 18.8 Å². The van der Waals surface area contributed by atoms with Crippen molar-refractivity contribution in [3.63, 3.8) is 0 Å². The average Bonchev–Trinajstić information content (AvgIpc) is 3.48. The molecule has 5 rings (SSSR count). The molecule has 0 saturated carbocycles. The number of sulfonamides is 1. The van der Waals surface area contributed by atoms with Crippen LogP contribution in [0.15, 0.2) is 64.4 Å². The molecule has 30 heavy (non-hydrogen) atoms. The van der Waals surface area contributed by atoms with Gasteiger partial charge in [0.15, 0.2) is 5.65 Å². The molecule has 0 unspecified atom stereocenters. The van der Waals surface area contributed by atoms with Crippen molar-refractivity contribution in [2.45, 2.75) is 24.3 Å². The summed E-state index contributed by atoms with van der Waals surface area (Å²) in [5, 5.41) is 0. The maximum absolute atomic E-state index is 13.6. The Bertz CT molecular complexity index is 1330. The monoisotopic (exact) mass is 426 g/mol. The molecule has 1 aliphatic rings. The maximum Gasteiger partial charge on any atom is 0.243 e. The minimum Gasteiger partial charge on any atom is -0.472 e. The largest absolute Gasteiger partial charge is 0.472 e. The summed E-state index contributed by atoms with van der Waals surface area (Å²) in [6.45, 7) is 2.20. The van der Waals surface area contributed by atoms with Crippen LogP contribution in [0.4, 0.5) is 4.39 Å². The second-order valence-electron chi connectivity index (χ2n) is 7.38. The van der Waals surface area contributed by atoms with Crippen molar-refractivity contribution in [2.75, 3.05) is 13.1 Å². The van der Waals surface area contributed by atoms with Gasteiger partial charge in [-0.1, -0.05) is 0 Å². The van der Waals surface area contributed by atoms with Gasteiger partial charge in [-0.15, -0.1) is 0 Å². The summed E-state index contributed by atoms with van der Waals surface area (Å²) in [4.78, 5) is 9.28. The number of furan rings is 1. The van der Waals surface area contributed by atoms with Crippen molar-refractivity contribution in [2.24, 2.45) is 0 Å². The molecule has 0 radical (unpaired) electrons. The second kappa shape index (κ2) is 7.03. The predicted octanol–water partition coefficient (Wildman–Crippen LogP) is 3.77. The molecule has 1 aliphatic heterocycles. The molecule has 0 N–H and O–H groups in total. The zero-order valence-corrected chi connectivity index (χ0v) is 17.0. The summed E-state index contributed by atoms with van der Waals surface area (Å²) in [5.41, 5.74) is 2.56. The molecular formula is C21H19FN4O3S. The summed E-state index contributed by atoms with van der Waals surface area (Å²) in [5.74, 6) is 0.272. The van der Waals surface area contributed by atoms with Gasteiger partial charge in [-0.3, -0.25) is 0 Å². The smallest absolute Gasteiger partial charge is 0.243 e. The third-order valence-corrected chi connectivity index (χ3v) is 7.35. The van der Waals surface area contributed by atoms with Crippen molar-refractivity contribution in [1.29, 1.82) is 0 Å². The molecule has 0 amide bonds. The zero-order valence-electron chi connectivity index (χ0n) is 16.2. The third-order valence-electron chi connectivity index (χ3n) is 5.49. The van der Waals surface area contributed by atoms with Crippen LogP contribution < -0.4 is 0 Å². The van der Waals surface area contributed by atoms with Crippen LogP contribution in [0.1, 0.15) is 18.0 Å².